The molecule has 0 unspecified atom stereocenters. The summed E-state index contributed by atoms with van der Waals surface area (Å²) in [6.45, 7) is 12.7. The van der Waals surface area contributed by atoms with E-state index in [-0.39, 0.29) is 45.5 Å². The highest BCUT2D eigenvalue weighted by atomic mass is 16.5. The topological polar surface area (TPSA) is 96.6 Å². The van der Waals surface area contributed by atoms with Crippen LogP contribution >= 0.6 is 0 Å². The lowest BCUT2D eigenvalue weighted by atomic mass is 9.85. The minimum atomic E-state index is -0.215. The zero-order valence-electron chi connectivity index (χ0n) is 24.1. The molecule has 38 heavy (non-hydrogen) atoms. The van der Waals surface area contributed by atoms with Crippen molar-refractivity contribution in [1.82, 2.24) is 9.13 Å². The predicted molar refractivity (Wildman–Crippen MR) is 145 cm³/mol. The van der Waals surface area contributed by atoms with Crippen molar-refractivity contribution in [3.63, 3.8) is 0 Å². The summed E-state index contributed by atoms with van der Waals surface area (Å²) >= 11 is 0. The quantitative estimate of drug-likeness (QED) is 0.558. The van der Waals surface area contributed by atoms with E-state index in [9.17, 15) is 19.2 Å². The van der Waals surface area contributed by atoms with Crippen LogP contribution < -0.4 is 0 Å². The second kappa shape index (κ2) is 10.2. The van der Waals surface area contributed by atoms with Crippen molar-refractivity contribution in [2.24, 2.45) is 24.9 Å². The summed E-state index contributed by atoms with van der Waals surface area (Å²) in [6.07, 6.45) is 5.96. The van der Waals surface area contributed by atoms with Crippen LogP contribution in [0.3, 0.4) is 0 Å². The average molecular weight is 523 g/mol. The van der Waals surface area contributed by atoms with Gasteiger partial charge in [-0.1, -0.05) is 41.5 Å². The summed E-state index contributed by atoms with van der Waals surface area (Å²) in [7, 11) is 6.44. The highest BCUT2D eigenvalue weighted by Crippen LogP contribution is 2.31. The van der Waals surface area contributed by atoms with Gasteiger partial charge in [0.05, 0.1) is 25.3 Å². The number of hydrogen-bond acceptors (Lipinski definition) is 6. The molecule has 2 aromatic rings. The van der Waals surface area contributed by atoms with Crippen molar-refractivity contribution < 1.29 is 28.7 Å². The number of ether oxygens (including phenoxy) is 2. The van der Waals surface area contributed by atoms with Crippen molar-refractivity contribution in [2.45, 2.75) is 54.4 Å². The maximum atomic E-state index is 12.4. The standard InChI is InChI=1S/2C15H19NO3/c1-15(2,3)7-9-8-16(4)13-10(17)6-11(19-5)14(18)12(9)13;1-15(2,3)8-9-6-10-13(16(9)4)11(17)7-12(19-5)14(10)18/h6,8H,7H2,1-5H3;6-7H,8H2,1-5H3. The highest BCUT2D eigenvalue weighted by molar-refractivity contribution is 6.24. The van der Waals surface area contributed by atoms with Crippen molar-refractivity contribution >= 4 is 23.1 Å². The van der Waals surface area contributed by atoms with Crippen molar-refractivity contribution in [3.05, 3.63) is 69.7 Å². The van der Waals surface area contributed by atoms with Crippen LogP contribution in [0.5, 0.6) is 0 Å². The van der Waals surface area contributed by atoms with Gasteiger partial charge in [0.1, 0.15) is 11.4 Å². The third-order valence-corrected chi connectivity index (χ3v) is 6.37. The normalized spacial score (nSPS) is 15.3. The van der Waals surface area contributed by atoms with Crippen molar-refractivity contribution in [3.8, 4) is 0 Å². The van der Waals surface area contributed by atoms with Gasteiger partial charge in [0.2, 0.25) is 23.1 Å². The number of Topliss-reactive ketones (excluding diaryl/α,β-unsaturated/α-hetero) is 2. The molecule has 0 saturated heterocycles. The molecule has 0 fully saturated rings. The lowest BCUT2D eigenvalue weighted by molar-refractivity contribution is 0.0912. The van der Waals surface area contributed by atoms with Gasteiger partial charge in [0.25, 0.3) is 0 Å². The largest absolute Gasteiger partial charge is 0.492 e. The van der Waals surface area contributed by atoms with E-state index in [0.29, 0.717) is 22.5 Å². The van der Waals surface area contributed by atoms with E-state index >= 15 is 0 Å². The summed E-state index contributed by atoms with van der Waals surface area (Å²) in [5.41, 5.74) is 3.92. The molecule has 4 rings (SSSR count). The van der Waals surface area contributed by atoms with Crippen LogP contribution in [0.15, 0.2) is 35.9 Å². The molecule has 0 aliphatic heterocycles. The second-order valence-corrected chi connectivity index (χ2v) is 12.2. The van der Waals surface area contributed by atoms with Crippen LogP contribution in [0.4, 0.5) is 0 Å². The number of fused-ring (bicyclic) bond motifs is 2. The first-order valence-corrected chi connectivity index (χ1v) is 12.5. The van der Waals surface area contributed by atoms with Crippen LogP contribution in [0, 0.1) is 10.8 Å². The molecular formula is C30H38N2O6. The number of ketones is 4. The van der Waals surface area contributed by atoms with Gasteiger partial charge in [-0.05, 0) is 35.3 Å². The molecule has 2 heterocycles. The molecule has 2 aliphatic carbocycles. The Balaban J connectivity index is 0.000000211. The Labute approximate surface area is 224 Å². The molecule has 0 N–H and O–H groups in total. The van der Waals surface area contributed by atoms with Crippen LogP contribution in [-0.4, -0.2) is 46.5 Å². The maximum Gasteiger partial charge on any atom is 0.230 e. The Morgan fingerprint density at radius 1 is 0.737 bits per heavy atom. The first-order valence-electron chi connectivity index (χ1n) is 12.5. The van der Waals surface area contributed by atoms with Gasteiger partial charge in [-0.15, -0.1) is 0 Å². The van der Waals surface area contributed by atoms with Crippen LogP contribution in [-0.2, 0) is 36.4 Å². The Morgan fingerprint density at radius 3 is 1.74 bits per heavy atom. The summed E-state index contributed by atoms with van der Waals surface area (Å²) in [6, 6.07) is 1.81. The van der Waals surface area contributed by atoms with Crippen LogP contribution in [0.2, 0.25) is 0 Å². The van der Waals surface area contributed by atoms with Gasteiger partial charge in [-0.25, -0.2) is 0 Å². The number of aromatic nitrogens is 2. The first-order chi connectivity index (χ1) is 17.5. The fourth-order valence-electron chi connectivity index (χ4n) is 4.85. The Hall–Kier alpha value is -3.68. The second-order valence-electron chi connectivity index (χ2n) is 12.2. The number of carbonyl (C=O) groups is 4. The monoisotopic (exact) mass is 522 g/mol. The predicted octanol–water partition coefficient (Wildman–Crippen LogP) is 5.05. The minimum absolute atomic E-state index is 0.0485. The van der Waals surface area contributed by atoms with Crippen LogP contribution in [0.1, 0.15) is 94.5 Å². The van der Waals surface area contributed by atoms with Gasteiger partial charge in [0.15, 0.2) is 11.5 Å². The number of allylic oxidation sites excluding steroid dienone is 4. The van der Waals surface area contributed by atoms with E-state index in [2.05, 4.69) is 41.5 Å². The summed E-state index contributed by atoms with van der Waals surface area (Å²) in [4.78, 5) is 48.7. The zero-order chi connectivity index (χ0) is 28.7. The molecule has 0 aromatic carbocycles. The molecule has 0 spiro atoms. The molecule has 0 radical (unpaired) electrons. The van der Waals surface area contributed by atoms with Crippen LogP contribution in [0.25, 0.3) is 0 Å². The molecule has 0 amide bonds. The third kappa shape index (κ3) is 5.74. The molecule has 0 atom stereocenters. The first kappa shape index (κ1) is 28.9. The lowest BCUT2D eigenvalue weighted by Gasteiger charge is -2.19. The molecule has 0 bridgehead atoms. The van der Waals surface area contributed by atoms with Gasteiger partial charge >= 0.3 is 0 Å². The summed E-state index contributed by atoms with van der Waals surface area (Å²) in [5, 5.41) is 0. The fourth-order valence-corrected chi connectivity index (χ4v) is 4.85. The van der Waals surface area contributed by atoms with E-state index < -0.39 is 0 Å². The molecular weight excluding hydrogens is 484 g/mol. The third-order valence-electron chi connectivity index (χ3n) is 6.37. The van der Waals surface area contributed by atoms with Gasteiger partial charge in [0, 0.05) is 38.1 Å². The van der Waals surface area contributed by atoms with Crippen molar-refractivity contribution in [1.29, 1.82) is 0 Å². The number of carbonyl (C=O) groups excluding carboxylic acids is 4. The smallest absolute Gasteiger partial charge is 0.230 e. The lowest BCUT2D eigenvalue weighted by Crippen LogP contribution is -2.21. The minimum Gasteiger partial charge on any atom is -0.492 e. The summed E-state index contributed by atoms with van der Waals surface area (Å²) < 4.78 is 13.5. The van der Waals surface area contributed by atoms with Gasteiger partial charge < -0.3 is 18.6 Å². The van der Waals surface area contributed by atoms with E-state index in [4.69, 9.17) is 9.47 Å². The number of nitrogens with zero attached hydrogens (tertiary/aromatic N) is 2. The van der Waals surface area contributed by atoms with Gasteiger partial charge in [-0.2, -0.15) is 0 Å². The maximum absolute atomic E-state index is 12.4. The molecule has 2 aromatic heterocycles. The summed E-state index contributed by atoms with van der Waals surface area (Å²) in [5.74, 6) is -0.516. The molecule has 8 heteroatoms. The number of hydrogen-bond donors (Lipinski definition) is 0. The number of methoxy groups -OCH3 is 2. The van der Waals surface area contributed by atoms with E-state index in [1.165, 1.54) is 26.4 Å². The van der Waals surface area contributed by atoms with Gasteiger partial charge in [-0.3, -0.25) is 19.2 Å². The molecule has 8 nitrogen and oxygen atoms in total. The number of aryl methyl sites for hydroxylation is 1. The molecule has 0 saturated carbocycles. The molecule has 2 aliphatic rings. The van der Waals surface area contributed by atoms with E-state index in [0.717, 1.165) is 24.1 Å². The SMILES string of the molecule is COC1=CC(=O)c2c(c(CC(C)(C)C)cn2C)C1=O.COC1=CC(=O)c2c(cc(CC(C)(C)C)n2C)C1=O. The zero-order valence-corrected chi connectivity index (χ0v) is 24.1. The Morgan fingerprint density at radius 2 is 1.24 bits per heavy atom. The van der Waals surface area contributed by atoms with E-state index in [1.807, 2.05) is 23.9 Å². The van der Waals surface area contributed by atoms with E-state index in [1.54, 1.807) is 11.6 Å². The van der Waals surface area contributed by atoms with Crippen molar-refractivity contribution in [2.75, 3.05) is 14.2 Å². The highest BCUT2D eigenvalue weighted by Gasteiger charge is 2.33. The Kier molecular flexibility index (Phi) is 7.78. The number of rotatable bonds is 4. The molecule has 204 valence electrons. The fraction of sp³-hybridized carbons (Fsp3) is 0.467. The Bertz CT molecular complexity index is 1380. The average Bonchev–Trinajstić information content (AvgIpc) is 3.28.